The summed E-state index contributed by atoms with van der Waals surface area (Å²) in [5.74, 6) is -0.818. The summed E-state index contributed by atoms with van der Waals surface area (Å²) in [6.07, 6.45) is 0.379. The van der Waals surface area contributed by atoms with Crippen LogP contribution in [0, 0.1) is 11.3 Å². The lowest BCUT2D eigenvalue weighted by atomic mass is 10.1. The highest BCUT2D eigenvalue weighted by Crippen LogP contribution is 2.10. The number of aliphatic carboxylic acids is 1. The Morgan fingerprint density at radius 2 is 2.57 bits per heavy atom. The van der Waals surface area contributed by atoms with Crippen molar-refractivity contribution in [2.45, 2.75) is 25.4 Å². The van der Waals surface area contributed by atoms with Gasteiger partial charge in [-0.05, 0) is 6.92 Å². The molecule has 0 aromatic heterocycles. The molecule has 78 valence electrons. The largest absolute Gasteiger partial charge is 0.480 e. The van der Waals surface area contributed by atoms with Crippen LogP contribution in [0.3, 0.4) is 0 Å². The first-order chi connectivity index (χ1) is 6.66. The third-order valence-corrected chi connectivity index (χ3v) is 2.52. The minimum absolute atomic E-state index is 0.0169. The minimum atomic E-state index is -0.818. The second-order valence-electron chi connectivity index (χ2n) is 3.51. The molecule has 1 aliphatic rings. The molecule has 2 atom stereocenters. The maximum absolute atomic E-state index is 10.9. The van der Waals surface area contributed by atoms with E-state index in [-0.39, 0.29) is 6.04 Å². The van der Waals surface area contributed by atoms with Crippen molar-refractivity contribution in [3.63, 3.8) is 0 Å². The van der Waals surface area contributed by atoms with Crippen LogP contribution in [0.1, 0.15) is 13.3 Å². The average molecular weight is 197 g/mol. The third-order valence-electron chi connectivity index (χ3n) is 2.52. The fourth-order valence-electron chi connectivity index (χ4n) is 1.73. The van der Waals surface area contributed by atoms with Crippen molar-refractivity contribution in [1.29, 1.82) is 5.26 Å². The van der Waals surface area contributed by atoms with Crippen LogP contribution in [0.4, 0.5) is 0 Å². The first-order valence-electron chi connectivity index (χ1n) is 4.73. The Morgan fingerprint density at radius 1 is 1.86 bits per heavy atom. The Hall–Kier alpha value is -1.12. The van der Waals surface area contributed by atoms with E-state index in [1.165, 1.54) is 0 Å². The molecule has 0 bridgehead atoms. The number of nitrogens with one attached hydrogen (secondary N) is 1. The highest BCUT2D eigenvalue weighted by atomic mass is 16.4. The molecule has 1 fully saturated rings. The van der Waals surface area contributed by atoms with Gasteiger partial charge in [-0.2, -0.15) is 5.26 Å². The van der Waals surface area contributed by atoms with Crippen LogP contribution in [-0.4, -0.2) is 47.7 Å². The molecule has 2 unspecified atom stereocenters. The summed E-state index contributed by atoms with van der Waals surface area (Å²) < 4.78 is 0. The molecule has 0 saturated carbocycles. The lowest BCUT2D eigenvalue weighted by Crippen LogP contribution is -2.57. The van der Waals surface area contributed by atoms with Gasteiger partial charge in [0, 0.05) is 25.7 Å². The zero-order valence-electron chi connectivity index (χ0n) is 8.23. The summed E-state index contributed by atoms with van der Waals surface area (Å²) in [6.45, 7) is 3.84. The van der Waals surface area contributed by atoms with E-state index in [0.29, 0.717) is 19.5 Å². The van der Waals surface area contributed by atoms with E-state index in [2.05, 4.69) is 11.4 Å². The maximum Gasteiger partial charge on any atom is 0.322 e. The second-order valence-corrected chi connectivity index (χ2v) is 3.51. The van der Waals surface area contributed by atoms with Crippen molar-refractivity contribution < 1.29 is 9.90 Å². The standard InChI is InChI=1S/C9H15N3O2/c1-7(2-3-10)12-5-4-11-6-8(12)9(13)14/h7-8,11H,2,4-6H2,1H3,(H,13,14). The summed E-state index contributed by atoms with van der Waals surface area (Å²) in [5.41, 5.74) is 0. The predicted octanol–water partition coefficient (Wildman–Crippen LogP) is -0.353. The molecule has 1 aliphatic heterocycles. The number of rotatable bonds is 3. The molecule has 0 amide bonds. The number of hydrogen-bond acceptors (Lipinski definition) is 4. The number of carbonyl (C=O) groups is 1. The first-order valence-corrected chi connectivity index (χ1v) is 4.73. The van der Waals surface area contributed by atoms with Crippen molar-refractivity contribution in [2.75, 3.05) is 19.6 Å². The zero-order valence-corrected chi connectivity index (χ0v) is 8.23. The molecule has 0 spiro atoms. The number of piperazine rings is 1. The van der Waals surface area contributed by atoms with Crippen molar-refractivity contribution in [3.05, 3.63) is 0 Å². The Morgan fingerprint density at radius 3 is 3.14 bits per heavy atom. The fraction of sp³-hybridized carbons (Fsp3) is 0.778. The summed E-state index contributed by atoms with van der Waals surface area (Å²) in [5, 5.41) is 20.6. The predicted molar refractivity (Wildman–Crippen MR) is 50.7 cm³/mol. The van der Waals surface area contributed by atoms with Gasteiger partial charge in [-0.1, -0.05) is 0 Å². The number of hydrogen-bond donors (Lipinski definition) is 2. The molecule has 5 nitrogen and oxygen atoms in total. The monoisotopic (exact) mass is 197 g/mol. The molecule has 1 rings (SSSR count). The van der Waals surface area contributed by atoms with Crippen molar-refractivity contribution in [1.82, 2.24) is 10.2 Å². The van der Waals surface area contributed by atoms with Gasteiger partial charge in [0.05, 0.1) is 12.5 Å². The molecule has 1 heterocycles. The van der Waals surface area contributed by atoms with Crippen LogP contribution in [0.15, 0.2) is 0 Å². The first kappa shape index (κ1) is 11.0. The topological polar surface area (TPSA) is 76.4 Å². The van der Waals surface area contributed by atoms with Gasteiger partial charge in [0.25, 0.3) is 0 Å². The van der Waals surface area contributed by atoms with Gasteiger partial charge in [0.15, 0.2) is 0 Å². The maximum atomic E-state index is 10.9. The van der Waals surface area contributed by atoms with Crippen LogP contribution in [0.5, 0.6) is 0 Å². The molecule has 14 heavy (non-hydrogen) atoms. The molecule has 0 aromatic rings. The number of carboxylic acid groups (broad SMARTS) is 1. The SMILES string of the molecule is CC(CC#N)N1CCNCC1C(=O)O. The van der Waals surface area contributed by atoms with Crippen LogP contribution in [0.25, 0.3) is 0 Å². The van der Waals surface area contributed by atoms with E-state index in [9.17, 15) is 4.79 Å². The van der Waals surface area contributed by atoms with Gasteiger partial charge >= 0.3 is 5.97 Å². The quantitative estimate of drug-likeness (QED) is 0.646. The van der Waals surface area contributed by atoms with Crippen LogP contribution in [0.2, 0.25) is 0 Å². The van der Waals surface area contributed by atoms with Gasteiger partial charge in [0.2, 0.25) is 0 Å². The van der Waals surface area contributed by atoms with Gasteiger partial charge in [-0.3, -0.25) is 9.69 Å². The molecule has 0 aliphatic carbocycles. The van der Waals surface area contributed by atoms with Gasteiger partial charge < -0.3 is 10.4 Å². The summed E-state index contributed by atoms with van der Waals surface area (Å²) in [4.78, 5) is 12.8. The van der Waals surface area contributed by atoms with Crippen molar-refractivity contribution in [3.8, 4) is 6.07 Å². The highest BCUT2D eigenvalue weighted by Gasteiger charge is 2.31. The van der Waals surface area contributed by atoms with E-state index in [1.54, 1.807) is 0 Å². The number of nitrogens with zero attached hydrogens (tertiary/aromatic N) is 2. The Labute approximate surface area is 83.3 Å². The minimum Gasteiger partial charge on any atom is -0.480 e. The number of carboxylic acids is 1. The fourth-order valence-corrected chi connectivity index (χ4v) is 1.73. The Bertz CT molecular complexity index is 249. The van der Waals surface area contributed by atoms with Crippen LogP contribution in [-0.2, 0) is 4.79 Å². The zero-order chi connectivity index (χ0) is 10.6. The molecule has 5 heteroatoms. The lowest BCUT2D eigenvalue weighted by Gasteiger charge is -2.36. The van der Waals surface area contributed by atoms with Crippen LogP contribution < -0.4 is 5.32 Å². The molecular weight excluding hydrogens is 182 g/mol. The summed E-state index contributed by atoms with van der Waals surface area (Å²) >= 11 is 0. The van der Waals surface area contributed by atoms with E-state index in [0.717, 1.165) is 6.54 Å². The molecular formula is C9H15N3O2. The van der Waals surface area contributed by atoms with E-state index < -0.39 is 12.0 Å². The Balaban J connectivity index is 2.63. The van der Waals surface area contributed by atoms with E-state index in [4.69, 9.17) is 10.4 Å². The molecule has 0 radical (unpaired) electrons. The van der Waals surface area contributed by atoms with Gasteiger partial charge in [-0.15, -0.1) is 0 Å². The summed E-state index contributed by atoms with van der Waals surface area (Å²) in [7, 11) is 0. The smallest absolute Gasteiger partial charge is 0.322 e. The second kappa shape index (κ2) is 4.94. The molecule has 2 N–H and O–H groups in total. The third kappa shape index (κ3) is 2.44. The Kier molecular flexibility index (Phi) is 3.86. The average Bonchev–Trinajstić information content (AvgIpc) is 2.18. The van der Waals surface area contributed by atoms with E-state index >= 15 is 0 Å². The highest BCUT2D eigenvalue weighted by molar-refractivity contribution is 5.74. The van der Waals surface area contributed by atoms with Crippen LogP contribution >= 0.6 is 0 Å². The lowest BCUT2D eigenvalue weighted by molar-refractivity contribution is -0.144. The van der Waals surface area contributed by atoms with Crippen molar-refractivity contribution in [2.24, 2.45) is 0 Å². The van der Waals surface area contributed by atoms with Gasteiger partial charge in [0.1, 0.15) is 6.04 Å². The number of nitriles is 1. The summed E-state index contributed by atoms with van der Waals surface area (Å²) in [6, 6.07) is 1.59. The van der Waals surface area contributed by atoms with E-state index in [1.807, 2.05) is 11.8 Å². The van der Waals surface area contributed by atoms with Gasteiger partial charge in [-0.25, -0.2) is 0 Å². The van der Waals surface area contributed by atoms with Crippen molar-refractivity contribution >= 4 is 5.97 Å². The normalized spacial score (nSPS) is 25.3. The molecule has 0 aromatic carbocycles. The molecule has 1 saturated heterocycles.